The van der Waals surface area contributed by atoms with Gasteiger partial charge in [0.25, 0.3) is 5.91 Å². The first-order chi connectivity index (χ1) is 8.01. The molecule has 0 N–H and O–H groups in total. The molecule has 0 spiro atoms. The number of carbonyl (C=O) groups excluding carboxylic acids is 1. The van der Waals surface area contributed by atoms with E-state index in [-0.39, 0.29) is 5.91 Å². The van der Waals surface area contributed by atoms with Gasteiger partial charge < -0.3 is 4.55 Å². The summed E-state index contributed by atoms with van der Waals surface area (Å²) < 4.78 is 13.6. The third kappa shape index (κ3) is 2.00. The lowest BCUT2D eigenvalue weighted by Gasteiger charge is -2.35. The number of rotatable bonds is 5. The molecule has 0 aromatic carbocycles. The van der Waals surface area contributed by atoms with Crippen molar-refractivity contribution in [2.24, 2.45) is 0 Å². The molecule has 8 heteroatoms. The van der Waals surface area contributed by atoms with Crippen molar-refractivity contribution >= 4 is 55.6 Å². The van der Waals surface area contributed by atoms with Gasteiger partial charge >= 0.3 is 0 Å². The quantitative estimate of drug-likeness (QED) is 0.566. The van der Waals surface area contributed by atoms with Crippen LogP contribution in [0.3, 0.4) is 0 Å². The predicted octanol–water partition coefficient (Wildman–Crippen LogP) is 1.51. The summed E-state index contributed by atoms with van der Waals surface area (Å²) in [5, 5.41) is 0. The monoisotopic (exact) mass is 331 g/mol. The summed E-state index contributed by atoms with van der Waals surface area (Å²) in [6, 6.07) is 0. The number of hydrogen-bond acceptors (Lipinski definition) is 4. The van der Waals surface area contributed by atoms with Crippen molar-refractivity contribution in [1.82, 2.24) is 4.31 Å². The van der Waals surface area contributed by atoms with Gasteiger partial charge in [0, 0.05) is 0 Å². The molecule has 1 rings (SSSR count). The van der Waals surface area contributed by atoms with Gasteiger partial charge in [-0.25, -0.2) is 0 Å². The van der Waals surface area contributed by atoms with Crippen LogP contribution in [0.5, 0.6) is 0 Å². The normalized spacial score (nSPS) is 33.5. The second kappa shape index (κ2) is 6.02. The van der Waals surface area contributed by atoms with Crippen molar-refractivity contribution in [2.75, 3.05) is 6.54 Å². The van der Waals surface area contributed by atoms with E-state index < -0.39 is 35.7 Å². The van der Waals surface area contributed by atoms with Gasteiger partial charge in [-0.3, -0.25) is 4.79 Å². The van der Waals surface area contributed by atoms with E-state index >= 15 is 0 Å². The van der Waals surface area contributed by atoms with Gasteiger partial charge in [-0.15, -0.1) is 23.6 Å². The lowest BCUT2D eigenvalue weighted by atomic mass is 9.96. The molecule has 0 aliphatic carbocycles. The zero-order valence-corrected chi connectivity index (χ0v) is 15.0. The highest BCUT2D eigenvalue weighted by Gasteiger charge is 2.69. The maximum absolute atomic E-state index is 12.6. The Morgan fingerprint density at radius 2 is 1.76 bits per heavy atom. The highest BCUT2D eigenvalue weighted by Crippen LogP contribution is 2.58. The average Bonchev–Trinajstić information content (AvgIpc) is 2.54. The van der Waals surface area contributed by atoms with Crippen LogP contribution in [0.2, 0.25) is 0 Å². The van der Waals surface area contributed by atoms with Gasteiger partial charge in [0.05, 0.1) is 17.9 Å². The lowest BCUT2D eigenvalue weighted by molar-refractivity contribution is -0.125. The summed E-state index contributed by atoms with van der Waals surface area (Å²) in [6.45, 7) is 6.34. The van der Waals surface area contributed by atoms with E-state index in [1.54, 1.807) is 0 Å². The average molecular weight is 331 g/mol. The second-order valence-corrected chi connectivity index (χ2v) is 10.1. The van der Waals surface area contributed by atoms with Crippen molar-refractivity contribution in [3.63, 3.8) is 0 Å². The molecule has 1 saturated heterocycles. The van der Waals surface area contributed by atoms with Crippen LogP contribution in [0.1, 0.15) is 33.6 Å². The zero-order valence-electron chi connectivity index (χ0n) is 10.3. The van der Waals surface area contributed by atoms with Gasteiger partial charge in [-0.1, -0.05) is 13.8 Å². The summed E-state index contributed by atoms with van der Waals surface area (Å²) in [4.78, 5) is 11.9. The molecule has 3 unspecified atom stereocenters. The van der Waals surface area contributed by atoms with Gasteiger partial charge in [0.1, 0.15) is 0 Å². The van der Waals surface area contributed by atoms with E-state index in [9.17, 15) is 9.35 Å². The Bertz CT molecular complexity index is 341. The maximum atomic E-state index is 12.6. The molecule has 1 aliphatic heterocycles. The standard InChI is InChI=1S/C9H19NO2P2S3/c1-4-8(5-2)9(13-15,14-16)7(11)10(6-3)17(8)12/h4-6,13-14H2,1-3H3. The van der Waals surface area contributed by atoms with Crippen LogP contribution in [0.15, 0.2) is 0 Å². The van der Waals surface area contributed by atoms with Crippen LogP contribution in [-0.4, -0.2) is 31.0 Å². The Morgan fingerprint density at radius 3 is 2.00 bits per heavy atom. The highest BCUT2D eigenvalue weighted by molar-refractivity contribution is 8.08. The van der Waals surface area contributed by atoms with Crippen molar-refractivity contribution in [3.05, 3.63) is 0 Å². The molecule has 1 aliphatic rings. The van der Waals surface area contributed by atoms with Crippen LogP contribution in [0.4, 0.5) is 0 Å². The molecule has 1 amide bonds. The molecule has 0 aromatic rings. The molecule has 0 aromatic heterocycles. The first-order valence-electron chi connectivity index (χ1n) is 5.67. The fourth-order valence-corrected chi connectivity index (χ4v) is 11.9. The molecule has 0 bridgehead atoms. The van der Waals surface area contributed by atoms with E-state index in [0.29, 0.717) is 19.4 Å². The fourth-order valence-electron chi connectivity index (χ4n) is 2.52. The Morgan fingerprint density at radius 1 is 1.29 bits per heavy atom. The summed E-state index contributed by atoms with van der Waals surface area (Å²) in [5.74, 6) is -0.0305. The van der Waals surface area contributed by atoms with Crippen molar-refractivity contribution in [1.29, 1.82) is 0 Å². The third-order valence-corrected chi connectivity index (χ3v) is 13.5. The number of hydrogen-bond donors (Lipinski definition) is 0. The molecular formula is C9H19NO2P2S3. The molecule has 0 radical (unpaired) electrons. The molecule has 3 nitrogen and oxygen atoms in total. The van der Waals surface area contributed by atoms with E-state index in [1.807, 2.05) is 20.8 Å². The number of nitrogens with zero attached hydrogens (tertiary/aromatic N) is 1. The van der Waals surface area contributed by atoms with Crippen LogP contribution >= 0.6 is 14.7 Å². The SMILES string of the molecule is CCN1C(=O)C([PH2]=S)([PH2]=S)C(CC)(CC)[S+]1[O-]. The van der Waals surface area contributed by atoms with Gasteiger partial charge in [0.2, 0.25) is 0 Å². The minimum absolute atomic E-state index is 0.0305. The topological polar surface area (TPSA) is 43.4 Å². The minimum Gasteiger partial charge on any atom is -0.592 e. The van der Waals surface area contributed by atoms with Crippen LogP contribution < -0.4 is 0 Å². The summed E-state index contributed by atoms with van der Waals surface area (Å²) >= 11 is 9.32. The first-order valence-corrected chi connectivity index (χ1v) is 11.7. The second-order valence-electron chi connectivity index (χ2n) is 4.06. The van der Waals surface area contributed by atoms with Crippen LogP contribution in [0, 0.1) is 0 Å². The maximum Gasteiger partial charge on any atom is 0.284 e. The first kappa shape index (κ1) is 16.1. The third-order valence-electron chi connectivity index (χ3n) is 3.67. The molecule has 1 fully saturated rings. The molecule has 17 heavy (non-hydrogen) atoms. The van der Waals surface area contributed by atoms with Gasteiger partial charge in [-0.2, -0.15) is 4.31 Å². The number of carbonyl (C=O) groups is 1. The van der Waals surface area contributed by atoms with E-state index in [2.05, 4.69) is 0 Å². The Hall–Kier alpha value is 1.08. The molecule has 1 heterocycles. The Labute approximate surface area is 119 Å². The predicted molar refractivity (Wildman–Crippen MR) is 85.7 cm³/mol. The smallest absolute Gasteiger partial charge is 0.284 e. The zero-order chi connectivity index (χ0) is 13.3. The number of amides is 1. The van der Waals surface area contributed by atoms with Gasteiger partial charge in [-0.05, 0) is 34.5 Å². The van der Waals surface area contributed by atoms with Gasteiger partial charge in [0.15, 0.2) is 9.64 Å². The van der Waals surface area contributed by atoms with E-state index in [0.717, 1.165) is 0 Å². The van der Waals surface area contributed by atoms with Crippen molar-refractivity contribution < 1.29 is 9.35 Å². The van der Waals surface area contributed by atoms with Crippen molar-refractivity contribution in [3.8, 4) is 0 Å². The molecule has 0 saturated carbocycles. The molecule has 100 valence electrons. The lowest BCUT2D eigenvalue weighted by Crippen LogP contribution is -2.48. The summed E-state index contributed by atoms with van der Waals surface area (Å²) in [5.41, 5.74) is 0. The summed E-state index contributed by atoms with van der Waals surface area (Å²) in [7, 11) is -0.997. The molecular weight excluding hydrogens is 312 g/mol. The van der Waals surface area contributed by atoms with Crippen molar-refractivity contribution in [2.45, 2.75) is 43.3 Å². The van der Waals surface area contributed by atoms with E-state index in [1.165, 1.54) is 4.31 Å². The minimum atomic E-state index is -1.26. The van der Waals surface area contributed by atoms with Crippen LogP contribution in [-0.2, 0) is 39.8 Å². The Balaban J connectivity index is 3.47. The Kier molecular flexibility index (Phi) is 5.72. The summed E-state index contributed by atoms with van der Waals surface area (Å²) in [6.07, 6.45) is 1.43. The van der Waals surface area contributed by atoms with Crippen LogP contribution in [0.25, 0.3) is 0 Å². The highest BCUT2D eigenvalue weighted by atomic mass is 32.4. The fraction of sp³-hybridized carbons (Fsp3) is 0.889. The van der Waals surface area contributed by atoms with E-state index in [4.69, 9.17) is 23.6 Å². The molecule has 3 atom stereocenters. The largest absolute Gasteiger partial charge is 0.592 e.